The van der Waals surface area contributed by atoms with Crippen LogP contribution in [-0.2, 0) is 20.1 Å². The molecule has 0 bridgehead atoms. The van der Waals surface area contributed by atoms with E-state index in [1.54, 1.807) is 45.4 Å². The third-order valence-electron chi connectivity index (χ3n) is 6.67. The van der Waals surface area contributed by atoms with Gasteiger partial charge in [0.25, 0.3) is 11.5 Å². The van der Waals surface area contributed by atoms with Crippen molar-refractivity contribution in [3.63, 3.8) is 0 Å². The lowest BCUT2D eigenvalue weighted by atomic mass is 10.1. The van der Waals surface area contributed by atoms with E-state index in [0.717, 1.165) is 17.4 Å². The lowest BCUT2D eigenvalue weighted by Crippen LogP contribution is -2.44. The molecule has 1 saturated heterocycles. The van der Waals surface area contributed by atoms with Crippen molar-refractivity contribution in [2.75, 3.05) is 32.1 Å². The number of rotatable bonds is 5. The van der Waals surface area contributed by atoms with Crippen molar-refractivity contribution in [2.45, 2.75) is 38.9 Å². The van der Waals surface area contributed by atoms with E-state index in [1.165, 1.54) is 9.47 Å². The maximum absolute atomic E-state index is 13.9. The number of aryl methyl sites for hydroxylation is 2. The molecule has 3 heterocycles. The van der Waals surface area contributed by atoms with Gasteiger partial charge in [0.1, 0.15) is 16.9 Å². The molecule has 0 radical (unpaired) electrons. The molecule has 10 heteroatoms. The third-order valence-corrected chi connectivity index (χ3v) is 6.67. The molecule has 1 aliphatic heterocycles. The minimum Gasteiger partial charge on any atom is -0.356 e. The van der Waals surface area contributed by atoms with E-state index in [9.17, 15) is 19.6 Å². The molecule has 10 nitrogen and oxygen atoms in total. The molecule has 0 saturated carbocycles. The second-order valence-electron chi connectivity index (χ2n) is 9.19. The number of nitrogens with zero attached hydrogens (tertiary/aromatic N) is 6. The first kappa shape index (κ1) is 24.3. The summed E-state index contributed by atoms with van der Waals surface area (Å²) >= 11 is 0. The number of piperidine rings is 1. The molecule has 1 fully saturated rings. The van der Waals surface area contributed by atoms with E-state index >= 15 is 0 Å². The quantitative estimate of drug-likeness (QED) is 0.587. The van der Waals surface area contributed by atoms with E-state index in [0.29, 0.717) is 53.2 Å². The van der Waals surface area contributed by atoms with Crippen LogP contribution in [0.1, 0.15) is 41.3 Å². The average Bonchev–Trinajstić information content (AvgIpc) is 3.20. The van der Waals surface area contributed by atoms with Gasteiger partial charge in [-0.2, -0.15) is 5.26 Å². The highest BCUT2D eigenvalue weighted by atomic mass is 16.2. The Balaban J connectivity index is 2.07. The van der Waals surface area contributed by atoms with Crippen LogP contribution in [0.5, 0.6) is 0 Å². The Morgan fingerprint density at radius 1 is 1.20 bits per heavy atom. The number of aromatic nitrogens is 3. The first-order valence-corrected chi connectivity index (χ1v) is 11.8. The smallest absolute Gasteiger partial charge is 0.331 e. The summed E-state index contributed by atoms with van der Waals surface area (Å²) in [5, 5.41) is 9.48. The van der Waals surface area contributed by atoms with Gasteiger partial charge < -0.3 is 20.1 Å². The fourth-order valence-electron chi connectivity index (χ4n) is 4.96. The molecule has 35 heavy (non-hydrogen) atoms. The lowest BCUT2D eigenvalue weighted by molar-refractivity contribution is 0.0829. The van der Waals surface area contributed by atoms with Crippen LogP contribution < -0.4 is 21.9 Å². The SMILES string of the molecule is CCn1c(N2CCC[C@@H](N)C2)c(C(=O)N(C)C)c2c1c(=O)n(Cc1ccccc1C#N)c(=O)n2C. The number of nitrogens with two attached hydrogens (primary N) is 1. The van der Waals surface area contributed by atoms with Gasteiger partial charge in [0.05, 0.1) is 23.7 Å². The Hall–Kier alpha value is -3.84. The highest BCUT2D eigenvalue weighted by Gasteiger charge is 2.33. The van der Waals surface area contributed by atoms with Crippen LogP contribution in [0.3, 0.4) is 0 Å². The van der Waals surface area contributed by atoms with Gasteiger partial charge in [0.2, 0.25) is 0 Å². The van der Waals surface area contributed by atoms with E-state index in [1.807, 2.05) is 11.5 Å². The zero-order valence-corrected chi connectivity index (χ0v) is 20.6. The van der Waals surface area contributed by atoms with Gasteiger partial charge in [0, 0.05) is 46.8 Å². The van der Waals surface area contributed by atoms with Gasteiger partial charge >= 0.3 is 5.69 Å². The maximum Gasteiger partial charge on any atom is 0.331 e. The molecule has 1 aromatic carbocycles. The zero-order valence-electron chi connectivity index (χ0n) is 20.6. The first-order chi connectivity index (χ1) is 16.7. The maximum atomic E-state index is 13.9. The number of anilines is 1. The van der Waals surface area contributed by atoms with E-state index in [-0.39, 0.29) is 18.5 Å². The highest BCUT2D eigenvalue weighted by molar-refractivity contribution is 6.10. The van der Waals surface area contributed by atoms with Gasteiger partial charge in [-0.05, 0) is 31.4 Å². The summed E-state index contributed by atoms with van der Waals surface area (Å²) in [6, 6.07) is 8.97. The van der Waals surface area contributed by atoms with Gasteiger partial charge in [-0.15, -0.1) is 0 Å². The molecule has 1 atom stereocenters. The Morgan fingerprint density at radius 3 is 2.54 bits per heavy atom. The molecule has 0 spiro atoms. The fourth-order valence-corrected chi connectivity index (χ4v) is 4.96. The number of carbonyl (C=O) groups excluding carboxylic acids is 1. The lowest BCUT2D eigenvalue weighted by Gasteiger charge is -2.34. The molecule has 4 rings (SSSR count). The molecule has 1 amide bonds. The van der Waals surface area contributed by atoms with Crippen molar-refractivity contribution >= 4 is 22.8 Å². The summed E-state index contributed by atoms with van der Waals surface area (Å²) in [6.07, 6.45) is 1.76. The van der Waals surface area contributed by atoms with Crippen LogP contribution in [0, 0.1) is 11.3 Å². The summed E-state index contributed by atoms with van der Waals surface area (Å²) in [6.45, 7) is 3.56. The monoisotopic (exact) mass is 477 g/mol. The molecule has 3 aromatic rings. The normalized spacial score (nSPS) is 15.9. The van der Waals surface area contributed by atoms with E-state index < -0.39 is 11.2 Å². The van der Waals surface area contributed by atoms with Crippen LogP contribution in [0.15, 0.2) is 33.9 Å². The number of fused-ring (bicyclic) bond motifs is 1. The van der Waals surface area contributed by atoms with Crippen molar-refractivity contribution in [1.29, 1.82) is 5.26 Å². The summed E-state index contributed by atoms with van der Waals surface area (Å²) in [7, 11) is 4.89. The standard InChI is InChI=1S/C25H31N7O3/c1-5-31-21-20(19(23(33)28(2)3)22(31)30-12-8-11-18(27)15-30)29(4)25(35)32(24(21)34)14-17-10-7-6-9-16(17)13-26/h6-7,9-10,18H,5,8,11-12,14-15,27H2,1-4H3/t18-/m1/s1. The number of benzene rings is 1. The molecule has 184 valence electrons. The van der Waals surface area contributed by atoms with Gasteiger partial charge in [-0.25, -0.2) is 4.79 Å². The van der Waals surface area contributed by atoms with Crippen molar-refractivity contribution in [1.82, 2.24) is 18.6 Å². The highest BCUT2D eigenvalue weighted by Crippen LogP contribution is 2.33. The predicted octanol–water partition coefficient (Wildman–Crippen LogP) is 1.07. The second kappa shape index (κ2) is 9.43. The number of hydrogen-bond acceptors (Lipinski definition) is 6. The number of nitriles is 1. The largest absolute Gasteiger partial charge is 0.356 e. The van der Waals surface area contributed by atoms with Gasteiger partial charge in [0.15, 0.2) is 0 Å². The summed E-state index contributed by atoms with van der Waals surface area (Å²) < 4.78 is 4.35. The summed E-state index contributed by atoms with van der Waals surface area (Å²) in [4.78, 5) is 44.3. The Bertz CT molecular complexity index is 1450. The number of carbonyl (C=O) groups is 1. The molecule has 2 aromatic heterocycles. The summed E-state index contributed by atoms with van der Waals surface area (Å²) in [5.74, 6) is 0.344. The molecule has 0 unspecified atom stereocenters. The van der Waals surface area contributed by atoms with E-state index in [2.05, 4.69) is 11.0 Å². The van der Waals surface area contributed by atoms with Crippen molar-refractivity contribution in [2.24, 2.45) is 12.8 Å². The van der Waals surface area contributed by atoms with Crippen LogP contribution in [-0.4, -0.2) is 57.7 Å². The Labute approximate surface area is 203 Å². The van der Waals surface area contributed by atoms with E-state index in [4.69, 9.17) is 5.73 Å². The molecular formula is C25H31N7O3. The van der Waals surface area contributed by atoms with Crippen LogP contribution in [0.25, 0.3) is 11.0 Å². The van der Waals surface area contributed by atoms with Crippen LogP contribution in [0.4, 0.5) is 5.82 Å². The number of amides is 1. The second-order valence-corrected chi connectivity index (χ2v) is 9.19. The fraction of sp³-hybridized carbons (Fsp3) is 0.440. The number of hydrogen-bond donors (Lipinski definition) is 1. The zero-order chi connectivity index (χ0) is 25.4. The Kier molecular flexibility index (Phi) is 6.54. The molecular weight excluding hydrogens is 446 g/mol. The average molecular weight is 478 g/mol. The van der Waals surface area contributed by atoms with Crippen LogP contribution in [0.2, 0.25) is 0 Å². The van der Waals surface area contributed by atoms with Gasteiger partial charge in [-0.3, -0.25) is 18.7 Å². The minimum atomic E-state index is -0.543. The summed E-state index contributed by atoms with van der Waals surface area (Å²) in [5.41, 5.74) is 7.16. The van der Waals surface area contributed by atoms with Crippen molar-refractivity contribution in [3.05, 3.63) is 61.8 Å². The van der Waals surface area contributed by atoms with Gasteiger partial charge in [-0.1, -0.05) is 18.2 Å². The Morgan fingerprint density at radius 2 is 1.91 bits per heavy atom. The first-order valence-electron chi connectivity index (χ1n) is 11.8. The molecule has 0 aliphatic carbocycles. The predicted molar refractivity (Wildman–Crippen MR) is 135 cm³/mol. The third kappa shape index (κ3) is 4.02. The van der Waals surface area contributed by atoms with Crippen molar-refractivity contribution < 1.29 is 4.79 Å². The topological polar surface area (TPSA) is 122 Å². The molecule has 1 aliphatic rings. The van der Waals surface area contributed by atoms with Crippen molar-refractivity contribution in [3.8, 4) is 6.07 Å². The minimum absolute atomic E-state index is 0.0407. The molecule has 2 N–H and O–H groups in total. The van der Waals surface area contributed by atoms with Crippen LogP contribution >= 0.6 is 0 Å².